The SMILES string of the molecule is O=C([N]C(=O)SOc1ccccc1)SOc1ccccc1. The lowest BCUT2D eigenvalue weighted by atomic mass is 10.3. The summed E-state index contributed by atoms with van der Waals surface area (Å²) in [6, 6.07) is 17.5. The van der Waals surface area contributed by atoms with Crippen molar-refractivity contribution in [1.29, 1.82) is 0 Å². The van der Waals surface area contributed by atoms with E-state index in [2.05, 4.69) is 5.32 Å². The zero-order valence-electron chi connectivity index (χ0n) is 10.7. The molecule has 2 amide bonds. The monoisotopic (exact) mass is 320 g/mol. The number of carbonyl (C=O) groups excluding carboxylic acids is 2. The van der Waals surface area contributed by atoms with Gasteiger partial charge in [0.15, 0.2) is 24.1 Å². The molecule has 0 bridgehead atoms. The Hall–Kier alpha value is -2.12. The van der Waals surface area contributed by atoms with Gasteiger partial charge in [-0.1, -0.05) is 36.4 Å². The van der Waals surface area contributed by atoms with E-state index in [1.807, 2.05) is 12.1 Å². The molecule has 2 aromatic carbocycles. The highest BCUT2D eigenvalue weighted by molar-refractivity contribution is 8.11. The molecule has 2 rings (SSSR count). The van der Waals surface area contributed by atoms with Crippen LogP contribution in [0.15, 0.2) is 60.7 Å². The number of carbonyl (C=O) groups is 2. The summed E-state index contributed by atoms with van der Waals surface area (Å²) in [7, 11) is 0. The molecular weight excluding hydrogens is 310 g/mol. The first-order valence-electron chi connectivity index (χ1n) is 5.83. The van der Waals surface area contributed by atoms with E-state index in [1.54, 1.807) is 48.5 Å². The third-order valence-corrected chi connectivity index (χ3v) is 3.11. The molecular formula is C14H10NO4S2. The second-order valence-corrected chi connectivity index (χ2v) is 4.97. The number of rotatable bonds is 4. The molecule has 0 saturated heterocycles. The van der Waals surface area contributed by atoms with Gasteiger partial charge in [-0.2, -0.15) is 5.32 Å². The van der Waals surface area contributed by atoms with Crippen LogP contribution >= 0.6 is 24.1 Å². The fourth-order valence-corrected chi connectivity index (χ4v) is 2.09. The quantitative estimate of drug-likeness (QED) is 0.783. The molecule has 1 radical (unpaired) electrons. The summed E-state index contributed by atoms with van der Waals surface area (Å²) in [5.41, 5.74) is 0. The maximum absolute atomic E-state index is 11.4. The first kappa shape index (κ1) is 15.3. The average molecular weight is 320 g/mol. The molecule has 0 unspecified atom stereocenters. The van der Waals surface area contributed by atoms with E-state index in [1.165, 1.54) is 0 Å². The summed E-state index contributed by atoms with van der Waals surface area (Å²) in [6.07, 6.45) is 0. The van der Waals surface area contributed by atoms with Gasteiger partial charge in [0, 0.05) is 0 Å². The summed E-state index contributed by atoms with van der Waals surface area (Å²) in [6.45, 7) is 0. The van der Waals surface area contributed by atoms with Gasteiger partial charge in [0.25, 0.3) is 0 Å². The summed E-state index contributed by atoms with van der Waals surface area (Å²) in [5, 5.41) is 1.82. The predicted octanol–water partition coefficient (Wildman–Crippen LogP) is 4.29. The summed E-state index contributed by atoms with van der Waals surface area (Å²) >= 11 is 0.968. The van der Waals surface area contributed by atoms with Gasteiger partial charge in [-0.05, 0) is 24.3 Å². The van der Waals surface area contributed by atoms with Crippen LogP contribution in [-0.2, 0) is 0 Å². The first-order chi connectivity index (χ1) is 10.2. The van der Waals surface area contributed by atoms with Crippen LogP contribution in [0.2, 0.25) is 0 Å². The normalized spacial score (nSPS) is 9.71. The molecule has 0 atom stereocenters. The lowest BCUT2D eigenvalue weighted by molar-refractivity contribution is 0.248. The van der Waals surface area contributed by atoms with Crippen molar-refractivity contribution >= 4 is 34.6 Å². The second kappa shape index (κ2) is 8.23. The summed E-state index contributed by atoms with van der Waals surface area (Å²) in [5.74, 6) is 1.01. The fraction of sp³-hybridized carbons (Fsp3) is 0. The van der Waals surface area contributed by atoms with Gasteiger partial charge < -0.3 is 8.37 Å². The number of imide groups is 1. The minimum Gasteiger partial charge on any atom is -0.416 e. The number of para-hydroxylation sites is 2. The van der Waals surface area contributed by atoms with E-state index in [0.29, 0.717) is 35.6 Å². The largest absolute Gasteiger partial charge is 0.416 e. The number of hydrogen-bond acceptors (Lipinski definition) is 6. The Morgan fingerprint density at radius 1 is 0.714 bits per heavy atom. The van der Waals surface area contributed by atoms with E-state index in [-0.39, 0.29) is 0 Å². The van der Waals surface area contributed by atoms with Gasteiger partial charge in [-0.3, -0.25) is 9.59 Å². The van der Waals surface area contributed by atoms with Crippen molar-refractivity contribution in [2.45, 2.75) is 0 Å². The predicted molar refractivity (Wildman–Crippen MR) is 82.2 cm³/mol. The van der Waals surface area contributed by atoms with Crippen LogP contribution in [-0.4, -0.2) is 10.5 Å². The highest BCUT2D eigenvalue weighted by Gasteiger charge is 2.15. The molecule has 0 aliphatic carbocycles. The highest BCUT2D eigenvalue weighted by Crippen LogP contribution is 2.18. The molecule has 0 saturated carbocycles. The molecule has 5 nitrogen and oxygen atoms in total. The van der Waals surface area contributed by atoms with Gasteiger partial charge in [0.1, 0.15) is 11.5 Å². The Balaban J connectivity index is 1.69. The maximum Gasteiger partial charge on any atom is 0.348 e. The smallest absolute Gasteiger partial charge is 0.348 e. The van der Waals surface area contributed by atoms with Gasteiger partial charge in [-0.15, -0.1) is 0 Å². The average Bonchev–Trinajstić information content (AvgIpc) is 2.53. The molecule has 0 heterocycles. The molecule has 21 heavy (non-hydrogen) atoms. The molecule has 107 valence electrons. The highest BCUT2D eigenvalue weighted by atomic mass is 32.2. The first-order valence-corrected chi connectivity index (χ1v) is 7.31. The Bertz CT molecular complexity index is 539. The van der Waals surface area contributed by atoms with E-state index in [9.17, 15) is 9.59 Å². The van der Waals surface area contributed by atoms with Crippen molar-refractivity contribution in [3.63, 3.8) is 0 Å². The lowest BCUT2D eigenvalue weighted by Crippen LogP contribution is -2.16. The van der Waals surface area contributed by atoms with E-state index in [4.69, 9.17) is 8.37 Å². The third kappa shape index (κ3) is 5.80. The van der Waals surface area contributed by atoms with Crippen LogP contribution in [0.4, 0.5) is 9.59 Å². The molecule has 0 aliphatic rings. The lowest BCUT2D eigenvalue weighted by Gasteiger charge is -2.03. The second-order valence-electron chi connectivity index (χ2n) is 3.60. The van der Waals surface area contributed by atoms with Crippen LogP contribution < -0.4 is 13.7 Å². The molecule has 0 N–H and O–H groups in total. The Labute approximate surface area is 130 Å². The topological polar surface area (TPSA) is 66.7 Å². The Morgan fingerprint density at radius 2 is 1.10 bits per heavy atom. The van der Waals surface area contributed by atoms with Crippen molar-refractivity contribution in [1.82, 2.24) is 5.32 Å². The van der Waals surface area contributed by atoms with Gasteiger partial charge in [0.2, 0.25) is 0 Å². The molecule has 0 spiro atoms. The van der Waals surface area contributed by atoms with Crippen LogP contribution in [0.5, 0.6) is 11.5 Å². The van der Waals surface area contributed by atoms with Crippen molar-refractivity contribution in [3.05, 3.63) is 60.7 Å². The summed E-state index contributed by atoms with van der Waals surface area (Å²) in [4.78, 5) is 22.8. The fourth-order valence-electron chi connectivity index (χ4n) is 1.23. The number of benzene rings is 2. The number of amides is 2. The molecule has 0 aliphatic heterocycles. The maximum atomic E-state index is 11.4. The molecule has 0 aromatic heterocycles. The van der Waals surface area contributed by atoms with Gasteiger partial charge in [-0.25, -0.2) is 0 Å². The Morgan fingerprint density at radius 3 is 1.48 bits per heavy atom. The molecule has 2 aromatic rings. The zero-order valence-corrected chi connectivity index (χ0v) is 12.3. The molecule has 0 fully saturated rings. The number of hydrogen-bond donors (Lipinski definition) is 0. The molecule has 7 heteroatoms. The van der Waals surface area contributed by atoms with Crippen molar-refractivity contribution in [2.75, 3.05) is 0 Å². The van der Waals surface area contributed by atoms with Crippen LogP contribution in [0.25, 0.3) is 0 Å². The van der Waals surface area contributed by atoms with Crippen LogP contribution in [0.1, 0.15) is 0 Å². The minimum atomic E-state index is -0.743. The van der Waals surface area contributed by atoms with E-state index in [0.717, 1.165) is 0 Å². The van der Waals surface area contributed by atoms with Crippen LogP contribution in [0, 0.1) is 0 Å². The standard InChI is InChI=1S/C14H10NO4S2/c16-13(20-18-11-7-3-1-4-8-11)15-14(17)21-19-12-9-5-2-6-10-12/h1-10H. The van der Waals surface area contributed by atoms with E-state index < -0.39 is 10.5 Å². The van der Waals surface area contributed by atoms with Crippen molar-refractivity contribution in [2.24, 2.45) is 0 Å². The van der Waals surface area contributed by atoms with Gasteiger partial charge >= 0.3 is 10.5 Å². The van der Waals surface area contributed by atoms with Crippen molar-refractivity contribution in [3.8, 4) is 11.5 Å². The number of nitrogens with zero attached hydrogens (tertiary/aromatic N) is 1. The van der Waals surface area contributed by atoms with Crippen molar-refractivity contribution < 1.29 is 18.0 Å². The van der Waals surface area contributed by atoms with Gasteiger partial charge in [0.05, 0.1) is 0 Å². The third-order valence-electron chi connectivity index (χ3n) is 2.09. The minimum absolute atomic E-state index is 0.484. The Kier molecular flexibility index (Phi) is 5.99. The zero-order chi connectivity index (χ0) is 14.9. The summed E-state index contributed by atoms with van der Waals surface area (Å²) < 4.78 is 10.2. The van der Waals surface area contributed by atoms with E-state index >= 15 is 0 Å². The van der Waals surface area contributed by atoms with Crippen LogP contribution in [0.3, 0.4) is 0 Å².